The second-order valence-electron chi connectivity index (χ2n) is 27.2. The predicted molar refractivity (Wildman–Crippen MR) is 335 cm³/mol. The van der Waals surface area contributed by atoms with Crippen LogP contribution in [0.25, 0.3) is 0 Å². The van der Waals surface area contributed by atoms with Crippen molar-refractivity contribution in [3.05, 3.63) is 0 Å². The van der Waals surface area contributed by atoms with Crippen molar-refractivity contribution in [1.82, 2.24) is 37.2 Å². The lowest BCUT2D eigenvalue weighted by Gasteiger charge is -2.34. The first-order valence-electron chi connectivity index (χ1n) is 32.0. The zero-order valence-electron chi connectivity index (χ0n) is 55.5. The molecule has 0 aromatic heterocycles. The highest BCUT2D eigenvalue weighted by molar-refractivity contribution is 5.78. The van der Waals surface area contributed by atoms with Gasteiger partial charge in [0.25, 0.3) is 0 Å². The first kappa shape index (κ1) is 81.0. The van der Waals surface area contributed by atoms with Gasteiger partial charge in [-0.3, -0.25) is 33.6 Å². The molecule has 0 rings (SSSR count). The van der Waals surface area contributed by atoms with Crippen LogP contribution in [0.4, 0.5) is 0 Å². The molecule has 0 saturated carbocycles. The monoisotopic (exact) mass is 1210 g/mol. The second kappa shape index (κ2) is 49.0. The van der Waals surface area contributed by atoms with E-state index in [1.165, 1.54) is 0 Å². The zero-order valence-corrected chi connectivity index (χ0v) is 55.5. The van der Waals surface area contributed by atoms with Crippen LogP contribution < -0.4 is 37.2 Å². The molecule has 0 unspecified atom stereocenters. The van der Waals surface area contributed by atoms with E-state index in [1.807, 2.05) is 0 Å². The SMILES string of the molecule is CC(C)(C)CCCCC(=O)NCCCNC(=O)CCOCC(COCCC(=O)NCCCNC(=O)CCCCC(C)(C)C)(COCCC(=O)NCCCNC(=O)CCCCC(C)(C)C)NC(=O)CCOCCOCCOCCOCCC(C)(C)C. The molecular formula is C64H123N7O14. The van der Waals surface area contributed by atoms with E-state index < -0.39 is 11.4 Å². The van der Waals surface area contributed by atoms with Crippen molar-refractivity contribution in [3.8, 4) is 0 Å². The fourth-order valence-corrected chi connectivity index (χ4v) is 8.18. The zero-order chi connectivity index (χ0) is 63.7. The van der Waals surface area contributed by atoms with Crippen LogP contribution in [0.3, 0.4) is 0 Å². The molecule has 0 spiro atoms. The van der Waals surface area contributed by atoms with Crippen LogP contribution in [-0.4, -0.2) is 179 Å². The highest BCUT2D eigenvalue weighted by Gasteiger charge is 2.34. The summed E-state index contributed by atoms with van der Waals surface area (Å²) in [6, 6.07) is 0. The second-order valence-corrected chi connectivity index (χ2v) is 27.2. The molecule has 0 saturated heterocycles. The average Bonchev–Trinajstić information content (AvgIpc) is 3.61. The van der Waals surface area contributed by atoms with Crippen LogP contribution in [0.5, 0.6) is 0 Å². The molecule has 0 atom stereocenters. The van der Waals surface area contributed by atoms with E-state index >= 15 is 0 Å². The highest BCUT2D eigenvalue weighted by Crippen LogP contribution is 2.24. The minimum atomic E-state index is -1.32. The van der Waals surface area contributed by atoms with E-state index in [-0.39, 0.29) is 136 Å². The Kier molecular flexibility index (Phi) is 46.7. The Bertz CT molecular complexity index is 1620. The number of carbonyl (C=O) groups is 7. The Hall–Kier alpha value is -3.99. The van der Waals surface area contributed by atoms with Crippen LogP contribution >= 0.6 is 0 Å². The molecule has 0 aliphatic rings. The number of nitrogens with one attached hydrogen (secondary N) is 7. The average molecular weight is 1210 g/mol. The molecule has 0 bridgehead atoms. The molecule has 0 fully saturated rings. The van der Waals surface area contributed by atoms with E-state index in [9.17, 15) is 33.6 Å². The van der Waals surface area contributed by atoms with E-state index in [0.717, 1.165) is 64.2 Å². The van der Waals surface area contributed by atoms with Gasteiger partial charge in [0, 0.05) is 90.8 Å². The first-order valence-corrected chi connectivity index (χ1v) is 32.0. The van der Waals surface area contributed by atoms with E-state index in [0.29, 0.717) is 117 Å². The van der Waals surface area contributed by atoms with Crippen molar-refractivity contribution in [1.29, 1.82) is 0 Å². The van der Waals surface area contributed by atoms with Gasteiger partial charge in [-0.1, -0.05) is 102 Å². The molecule has 21 nitrogen and oxygen atoms in total. The Balaban J connectivity index is 5.61. The third-order valence-corrected chi connectivity index (χ3v) is 13.3. The number of unbranched alkanes of at least 4 members (excludes halogenated alkanes) is 3. The number of ether oxygens (including phenoxy) is 7. The smallest absolute Gasteiger partial charge is 0.222 e. The summed E-state index contributed by atoms with van der Waals surface area (Å²) in [6.07, 6.45) is 12.7. The molecule has 0 aliphatic carbocycles. The minimum Gasteiger partial charge on any atom is -0.379 e. The Morgan fingerprint density at radius 2 is 0.482 bits per heavy atom. The summed E-state index contributed by atoms with van der Waals surface area (Å²) in [6.45, 7) is 31.3. The van der Waals surface area contributed by atoms with Gasteiger partial charge in [0.15, 0.2) is 0 Å². The number of amides is 7. The fourth-order valence-electron chi connectivity index (χ4n) is 8.18. The summed E-state index contributed by atoms with van der Waals surface area (Å²) in [5, 5.41) is 20.4. The third kappa shape index (κ3) is 58.8. The van der Waals surface area contributed by atoms with Gasteiger partial charge in [0.1, 0.15) is 5.54 Å². The standard InChI is InChI=1S/C64H123N7O14/c1-60(2,3)29-16-13-22-53(72)65-33-19-36-68-56(75)25-40-83-50-64(51-84-41-26-57(76)69-37-20-34-66-54(73)23-14-17-30-61(4,5)6,52-85-42-27-58(77)70-38-21-35-67-55(74)24-15-18-31-62(7,8)9)71-59(78)28-39-79-44-46-81-48-49-82-47-45-80-43-32-63(10,11)12/h13-52H2,1-12H3,(H,65,72)(H,66,73)(H,67,74)(H,68,75)(H,69,76)(H,70,77)(H,71,78). The van der Waals surface area contributed by atoms with Gasteiger partial charge in [-0.15, -0.1) is 0 Å². The molecule has 85 heavy (non-hydrogen) atoms. The molecule has 0 aromatic rings. The first-order chi connectivity index (χ1) is 40.1. The van der Waals surface area contributed by atoms with Gasteiger partial charge in [0.05, 0.1) is 85.9 Å². The Labute approximate surface area is 514 Å². The van der Waals surface area contributed by atoms with Crippen LogP contribution in [0.1, 0.15) is 212 Å². The van der Waals surface area contributed by atoms with Crippen molar-refractivity contribution in [2.45, 2.75) is 217 Å². The number of hydrogen-bond acceptors (Lipinski definition) is 14. The van der Waals surface area contributed by atoms with Crippen molar-refractivity contribution >= 4 is 41.4 Å². The number of hydrogen-bond donors (Lipinski definition) is 7. The lowest BCUT2D eigenvalue weighted by Crippen LogP contribution is -2.59. The Morgan fingerprint density at radius 3 is 0.765 bits per heavy atom. The van der Waals surface area contributed by atoms with Gasteiger partial charge in [-0.2, -0.15) is 0 Å². The molecule has 0 radical (unpaired) electrons. The normalized spacial score (nSPS) is 12.2. The lowest BCUT2D eigenvalue weighted by atomic mass is 9.89. The van der Waals surface area contributed by atoms with E-state index in [2.05, 4.69) is 120 Å². The molecule has 0 heterocycles. The summed E-state index contributed by atoms with van der Waals surface area (Å²) in [5.74, 6) is -1.14. The van der Waals surface area contributed by atoms with Gasteiger partial charge in [-0.25, -0.2) is 0 Å². The molecule has 498 valence electrons. The van der Waals surface area contributed by atoms with Crippen molar-refractivity contribution in [2.75, 3.05) is 132 Å². The van der Waals surface area contributed by atoms with Crippen molar-refractivity contribution in [2.24, 2.45) is 21.7 Å². The van der Waals surface area contributed by atoms with E-state index in [4.69, 9.17) is 33.2 Å². The van der Waals surface area contributed by atoms with Gasteiger partial charge in [0.2, 0.25) is 41.4 Å². The molecule has 0 aliphatic heterocycles. The summed E-state index contributed by atoms with van der Waals surface area (Å²) in [5.41, 5.74) is -0.386. The van der Waals surface area contributed by atoms with E-state index in [1.54, 1.807) is 0 Å². The third-order valence-electron chi connectivity index (χ3n) is 13.3. The molecular weight excluding hydrogens is 1090 g/mol. The van der Waals surface area contributed by atoms with Crippen LogP contribution in [-0.2, 0) is 66.7 Å². The van der Waals surface area contributed by atoms with Crippen LogP contribution in [0, 0.1) is 21.7 Å². The predicted octanol–water partition coefficient (Wildman–Crippen LogP) is 7.64. The summed E-state index contributed by atoms with van der Waals surface area (Å²) in [7, 11) is 0. The Morgan fingerprint density at radius 1 is 0.247 bits per heavy atom. The largest absolute Gasteiger partial charge is 0.379 e. The minimum absolute atomic E-state index is 0.000167. The summed E-state index contributed by atoms with van der Waals surface area (Å²) < 4.78 is 40.8. The summed E-state index contributed by atoms with van der Waals surface area (Å²) in [4.78, 5) is 89.2. The maximum Gasteiger partial charge on any atom is 0.222 e. The molecule has 21 heteroatoms. The van der Waals surface area contributed by atoms with Crippen LogP contribution in [0.2, 0.25) is 0 Å². The van der Waals surface area contributed by atoms with Gasteiger partial charge >= 0.3 is 0 Å². The van der Waals surface area contributed by atoms with Crippen LogP contribution in [0.15, 0.2) is 0 Å². The summed E-state index contributed by atoms with van der Waals surface area (Å²) >= 11 is 0. The van der Waals surface area contributed by atoms with Gasteiger partial charge < -0.3 is 70.4 Å². The fraction of sp³-hybridized carbons (Fsp3) is 0.891. The topological polar surface area (TPSA) is 268 Å². The van der Waals surface area contributed by atoms with Crippen molar-refractivity contribution < 1.29 is 66.7 Å². The lowest BCUT2D eigenvalue weighted by molar-refractivity contribution is -0.131. The quantitative estimate of drug-likeness (QED) is 0.0289. The van der Waals surface area contributed by atoms with Crippen molar-refractivity contribution in [3.63, 3.8) is 0 Å². The number of rotatable bonds is 54. The molecule has 7 N–H and O–H groups in total. The highest BCUT2D eigenvalue weighted by atomic mass is 16.6. The van der Waals surface area contributed by atoms with Gasteiger partial charge in [-0.05, 0) is 85.9 Å². The maximum atomic E-state index is 13.7. The number of carbonyl (C=O) groups excluding carboxylic acids is 7. The molecule has 7 amide bonds. The maximum absolute atomic E-state index is 13.7. The molecule has 0 aromatic carbocycles.